The molecular weight excluding hydrogens is 416 g/mol. The van der Waals surface area contributed by atoms with Gasteiger partial charge in [-0.15, -0.1) is 11.3 Å². The third-order valence-corrected chi connectivity index (χ3v) is 6.49. The number of aliphatic hydroxyl groups is 1. The lowest BCUT2D eigenvalue weighted by atomic mass is 9.99. The maximum atomic E-state index is 13.0. The van der Waals surface area contributed by atoms with E-state index in [0.29, 0.717) is 30.2 Å². The first kappa shape index (κ1) is 22.8. The molecule has 1 amide bonds. The minimum atomic E-state index is -0.676. The van der Waals surface area contributed by atoms with Crippen LogP contribution in [0.4, 0.5) is 0 Å². The molecule has 2 aromatic rings. The molecule has 3 rings (SSSR count). The van der Waals surface area contributed by atoms with Crippen LogP contribution < -0.4 is 9.47 Å². The topological polar surface area (TPSA) is 79.3 Å². The Morgan fingerprint density at radius 3 is 2.42 bits per heavy atom. The Kier molecular flexibility index (Phi) is 7.35. The van der Waals surface area contributed by atoms with Gasteiger partial charge in [0.25, 0.3) is 11.7 Å². The first-order chi connectivity index (χ1) is 15.0. The van der Waals surface area contributed by atoms with E-state index in [0.717, 1.165) is 18.0 Å². The SMILES string of the molecule is CCN(CC)CCN1C(=O)C(=O)/C(=C(\O)c2ccc(OC)c(OC)c2)C1c1cccs1. The van der Waals surface area contributed by atoms with Crippen LogP contribution in [0.2, 0.25) is 0 Å². The van der Waals surface area contributed by atoms with Gasteiger partial charge >= 0.3 is 0 Å². The second kappa shape index (κ2) is 9.98. The van der Waals surface area contributed by atoms with Gasteiger partial charge in [-0.05, 0) is 42.7 Å². The molecule has 0 spiro atoms. The molecule has 1 aliphatic rings. The lowest BCUT2D eigenvalue weighted by molar-refractivity contribution is -0.140. The fraction of sp³-hybridized carbons (Fsp3) is 0.391. The van der Waals surface area contributed by atoms with E-state index in [1.54, 1.807) is 23.1 Å². The highest BCUT2D eigenvalue weighted by Gasteiger charge is 2.46. The van der Waals surface area contributed by atoms with Crippen molar-refractivity contribution in [3.63, 3.8) is 0 Å². The van der Waals surface area contributed by atoms with Gasteiger partial charge in [0.1, 0.15) is 5.76 Å². The van der Waals surface area contributed by atoms with Crippen molar-refractivity contribution < 1.29 is 24.2 Å². The van der Waals surface area contributed by atoms with Crippen LogP contribution in [0.3, 0.4) is 0 Å². The molecule has 1 aromatic heterocycles. The van der Waals surface area contributed by atoms with E-state index in [4.69, 9.17) is 9.47 Å². The van der Waals surface area contributed by atoms with E-state index >= 15 is 0 Å². The highest BCUT2D eigenvalue weighted by atomic mass is 32.1. The predicted molar refractivity (Wildman–Crippen MR) is 121 cm³/mol. The maximum Gasteiger partial charge on any atom is 0.295 e. The van der Waals surface area contributed by atoms with Crippen LogP contribution in [0.25, 0.3) is 5.76 Å². The van der Waals surface area contributed by atoms with Crippen molar-refractivity contribution in [1.82, 2.24) is 9.80 Å². The van der Waals surface area contributed by atoms with Gasteiger partial charge in [-0.25, -0.2) is 0 Å². The number of aliphatic hydroxyl groups excluding tert-OH is 1. The summed E-state index contributed by atoms with van der Waals surface area (Å²) >= 11 is 1.45. The van der Waals surface area contributed by atoms with Gasteiger partial charge < -0.3 is 24.4 Å². The summed E-state index contributed by atoms with van der Waals surface area (Å²) in [5, 5.41) is 13.0. The molecule has 1 aliphatic heterocycles. The minimum Gasteiger partial charge on any atom is -0.507 e. The molecule has 1 atom stereocenters. The Labute approximate surface area is 186 Å². The maximum absolute atomic E-state index is 13.0. The summed E-state index contributed by atoms with van der Waals surface area (Å²) in [6.45, 7) is 6.89. The number of carbonyl (C=O) groups is 2. The number of rotatable bonds is 9. The third kappa shape index (κ3) is 4.45. The van der Waals surface area contributed by atoms with Crippen LogP contribution in [-0.4, -0.2) is 67.0 Å². The smallest absolute Gasteiger partial charge is 0.295 e. The number of Topliss-reactive ketones (excluding diaryl/α,β-unsaturated/α-hetero) is 1. The van der Waals surface area contributed by atoms with E-state index in [1.165, 1.54) is 25.6 Å². The van der Waals surface area contributed by atoms with Crippen LogP contribution >= 0.6 is 11.3 Å². The lowest BCUT2D eigenvalue weighted by Crippen LogP contribution is -2.37. The van der Waals surface area contributed by atoms with E-state index in [1.807, 2.05) is 17.5 Å². The molecule has 0 aliphatic carbocycles. The van der Waals surface area contributed by atoms with Crippen LogP contribution in [0.1, 0.15) is 30.3 Å². The number of hydrogen-bond acceptors (Lipinski definition) is 7. The van der Waals surface area contributed by atoms with E-state index in [9.17, 15) is 14.7 Å². The van der Waals surface area contributed by atoms with Crippen molar-refractivity contribution in [3.8, 4) is 11.5 Å². The Morgan fingerprint density at radius 2 is 1.84 bits per heavy atom. The number of thiophene rings is 1. The molecule has 0 bridgehead atoms. The van der Waals surface area contributed by atoms with Crippen molar-refractivity contribution >= 4 is 28.8 Å². The first-order valence-electron chi connectivity index (χ1n) is 10.2. The van der Waals surface area contributed by atoms with Crippen LogP contribution in [0.5, 0.6) is 11.5 Å². The molecule has 8 heteroatoms. The second-order valence-corrected chi connectivity index (χ2v) is 8.08. The number of benzene rings is 1. The summed E-state index contributed by atoms with van der Waals surface area (Å²) in [5.74, 6) is -0.552. The zero-order valence-corrected chi connectivity index (χ0v) is 19.1. The number of nitrogens with zero attached hydrogens (tertiary/aromatic N) is 2. The summed E-state index contributed by atoms with van der Waals surface area (Å²) in [6, 6.07) is 8.04. The molecule has 0 saturated carbocycles. The van der Waals surface area contributed by atoms with Crippen LogP contribution in [0.15, 0.2) is 41.3 Å². The predicted octanol–water partition coefficient (Wildman–Crippen LogP) is 3.53. The van der Waals surface area contributed by atoms with E-state index in [2.05, 4.69) is 18.7 Å². The highest BCUT2D eigenvalue weighted by Crippen LogP contribution is 2.41. The molecule has 0 radical (unpaired) electrons. The fourth-order valence-electron chi connectivity index (χ4n) is 3.78. The number of ether oxygens (including phenoxy) is 2. The molecule has 1 aromatic carbocycles. The molecule has 7 nitrogen and oxygen atoms in total. The average Bonchev–Trinajstić information content (AvgIpc) is 3.41. The molecule has 166 valence electrons. The van der Waals surface area contributed by atoms with Crippen molar-refractivity contribution in [2.75, 3.05) is 40.4 Å². The van der Waals surface area contributed by atoms with E-state index < -0.39 is 17.7 Å². The lowest BCUT2D eigenvalue weighted by Gasteiger charge is -2.27. The number of hydrogen-bond donors (Lipinski definition) is 1. The Morgan fingerprint density at radius 1 is 1.13 bits per heavy atom. The summed E-state index contributed by atoms with van der Waals surface area (Å²) in [7, 11) is 3.02. The number of likely N-dealkylation sites (tertiary alicyclic amines) is 1. The molecule has 2 heterocycles. The van der Waals surface area contributed by atoms with E-state index in [-0.39, 0.29) is 11.3 Å². The Bertz CT molecular complexity index is 966. The van der Waals surface area contributed by atoms with Crippen molar-refractivity contribution in [3.05, 3.63) is 51.7 Å². The van der Waals surface area contributed by atoms with Gasteiger partial charge in [-0.2, -0.15) is 0 Å². The van der Waals surface area contributed by atoms with Gasteiger partial charge in [-0.3, -0.25) is 9.59 Å². The monoisotopic (exact) mass is 444 g/mol. The van der Waals surface area contributed by atoms with Gasteiger partial charge in [-0.1, -0.05) is 19.9 Å². The summed E-state index contributed by atoms with van der Waals surface area (Å²) in [6.07, 6.45) is 0. The van der Waals surface area contributed by atoms with Gasteiger partial charge in [0, 0.05) is 23.5 Å². The zero-order valence-electron chi connectivity index (χ0n) is 18.3. The fourth-order valence-corrected chi connectivity index (χ4v) is 4.63. The Hall–Kier alpha value is -2.84. The molecule has 31 heavy (non-hydrogen) atoms. The zero-order chi connectivity index (χ0) is 22.5. The third-order valence-electron chi connectivity index (χ3n) is 5.56. The summed E-state index contributed by atoms with van der Waals surface area (Å²) in [4.78, 5) is 30.6. The normalized spacial score (nSPS) is 18.1. The molecule has 1 saturated heterocycles. The Balaban J connectivity index is 2.07. The standard InChI is InChI=1S/C23H28N2O5S/c1-5-24(6-2)11-12-25-20(18-8-7-13-31-18)19(22(27)23(25)28)21(26)15-9-10-16(29-3)17(14-15)30-4/h7-10,13-14,20,26H,5-6,11-12H2,1-4H3/b21-19-. The van der Waals surface area contributed by atoms with Crippen LogP contribution in [0, 0.1) is 0 Å². The number of likely N-dealkylation sites (N-methyl/N-ethyl adjacent to an activating group) is 1. The van der Waals surface area contributed by atoms with Gasteiger partial charge in [0.15, 0.2) is 11.5 Å². The van der Waals surface area contributed by atoms with Gasteiger partial charge in [0.2, 0.25) is 0 Å². The van der Waals surface area contributed by atoms with Crippen LogP contribution in [-0.2, 0) is 9.59 Å². The first-order valence-corrected chi connectivity index (χ1v) is 11.1. The number of amides is 1. The average molecular weight is 445 g/mol. The number of ketones is 1. The molecular formula is C23H28N2O5S. The second-order valence-electron chi connectivity index (χ2n) is 7.10. The van der Waals surface area contributed by atoms with Crippen molar-refractivity contribution in [2.24, 2.45) is 0 Å². The quantitative estimate of drug-likeness (QED) is 0.362. The van der Waals surface area contributed by atoms with Gasteiger partial charge in [0.05, 0.1) is 25.8 Å². The number of carbonyl (C=O) groups excluding carboxylic acids is 2. The van der Waals surface area contributed by atoms with Crippen molar-refractivity contribution in [2.45, 2.75) is 19.9 Å². The van der Waals surface area contributed by atoms with Crippen molar-refractivity contribution in [1.29, 1.82) is 0 Å². The molecule has 1 unspecified atom stereocenters. The summed E-state index contributed by atoms with van der Waals surface area (Å²) < 4.78 is 10.6. The number of methoxy groups -OCH3 is 2. The molecule has 1 N–H and O–H groups in total. The highest BCUT2D eigenvalue weighted by molar-refractivity contribution is 7.10. The molecule has 1 fully saturated rings. The largest absolute Gasteiger partial charge is 0.507 e. The summed E-state index contributed by atoms with van der Waals surface area (Å²) in [5.41, 5.74) is 0.486. The minimum absolute atomic E-state index is 0.0965.